The van der Waals surface area contributed by atoms with E-state index >= 15 is 0 Å². The van der Waals surface area contributed by atoms with E-state index in [0.29, 0.717) is 12.1 Å². The molecule has 0 radical (unpaired) electrons. The van der Waals surface area contributed by atoms with Crippen molar-refractivity contribution in [2.24, 2.45) is 0 Å². The van der Waals surface area contributed by atoms with Crippen molar-refractivity contribution in [1.29, 1.82) is 0 Å². The zero-order chi connectivity index (χ0) is 21.0. The van der Waals surface area contributed by atoms with Gasteiger partial charge < -0.3 is 5.32 Å². The number of para-hydroxylation sites is 1. The second kappa shape index (κ2) is 8.75. The first-order valence-corrected chi connectivity index (χ1v) is 11.5. The van der Waals surface area contributed by atoms with Crippen molar-refractivity contribution in [3.63, 3.8) is 0 Å². The van der Waals surface area contributed by atoms with Crippen LogP contribution in [0.2, 0.25) is 0 Å². The number of hydrogen-bond donors (Lipinski definition) is 2. The van der Waals surface area contributed by atoms with Gasteiger partial charge in [-0.1, -0.05) is 35.9 Å². The van der Waals surface area contributed by atoms with Crippen molar-refractivity contribution >= 4 is 38.1 Å². The Balaban J connectivity index is 1.59. The van der Waals surface area contributed by atoms with Gasteiger partial charge in [0.2, 0.25) is 5.91 Å². The highest BCUT2D eigenvalue weighted by molar-refractivity contribution is 7.93. The number of hydrogen-bond acceptors (Lipinski definition) is 5. The molecular weight excluding hydrogens is 406 g/mol. The predicted molar refractivity (Wildman–Crippen MR) is 117 cm³/mol. The van der Waals surface area contributed by atoms with Gasteiger partial charge in [-0.15, -0.1) is 11.3 Å². The van der Waals surface area contributed by atoms with Gasteiger partial charge in [0, 0.05) is 17.5 Å². The van der Waals surface area contributed by atoms with Crippen molar-refractivity contribution in [3.8, 4) is 0 Å². The minimum atomic E-state index is -3.68. The predicted octanol–water partition coefficient (Wildman–Crippen LogP) is 4.44. The van der Waals surface area contributed by atoms with E-state index in [-0.39, 0.29) is 22.4 Å². The Labute approximate surface area is 175 Å². The number of nitrogens with zero attached hydrogens (tertiary/aromatic N) is 1. The van der Waals surface area contributed by atoms with E-state index in [1.54, 1.807) is 29.6 Å². The van der Waals surface area contributed by atoms with Crippen molar-refractivity contribution in [1.82, 2.24) is 4.98 Å². The van der Waals surface area contributed by atoms with Gasteiger partial charge in [-0.25, -0.2) is 13.4 Å². The highest BCUT2D eigenvalue weighted by atomic mass is 32.2. The van der Waals surface area contributed by atoms with Crippen LogP contribution in [0.5, 0.6) is 0 Å². The van der Waals surface area contributed by atoms with Gasteiger partial charge >= 0.3 is 0 Å². The number of carbonyl (C=O) groups is 1. The average molecular weight is 430 g/mol. The Morgan fingerprint density at radius 3 is 2.34 bits per heavy atom. The molecule has 0 spiro atoms. The Kier molecular flexibility index (Phi) is 6.34. The van der Waals surface area contributed by atoms with E-state index in [2.05, 4.69) is 15.0 Å². The van der Waals surface area contributed by atoms with Crippen LogP contribution in [0.3, 0.4) is 0 Å². The minimum absolute atomic E-state index is 0.0998. The van der Waals surface area contributed by atoms with Crippen molar-refractivity contribution in [3.05, 3.63) is 70.2 Å². The Morgan fingerprint density at radius 1 is 1.03 bits per heavy atom. The summed E-state index contributed by atoms with van der Waals surface area (Å²) in [7, 11) is -3.68. The first-order valence-electron chi connectivity index (χ1n) is 9.14. The number of nitrogens with one attached hydrogen (secondary N) is 2. The molecule has 3 aromatic rings. The topological polar surface area (TPSA) is 88.2 Å². The normalized spacial score (nSPS) is 11.3. The van der Waals surface area contributed by atoms with Crippen molar-refractivity contribution < 1.29 is 13.2 Å². The molecule has 0 bridgehead atoms. The van der Waals surface area contributed by atoms with Crippen LogP contribution in [0, 0.1) is 20.8 Å². The number of anilines is 2. The first-order chi connectivity index (χ1) is 13.7. The highest BCUT2D eigenvalue weighted by Gasteiger charge is 2.16. The largest absolute Gasteiger partial charge is 0.326 e. The molecular formula is C21H23N3O3S2. The van der Waals surface area contributed by atoms with E-state index in [1.165, 1.54) is 11.3 Å². The molecule has 0 atom stereocenters. The van der Waals surface area contributed by atoms with E-state index in [0.717, 1.165) is 22.4 Å². The lowest BCUT2D eigenvalue weighted by Gasteiger charge is -2.11. The van der Waals surface area contributed by atoms with Crippen LogP contribution >= 0.6 is 11.3 Å². The van der Waals surface area contributed by atoms with Crippen LogP contribution in [0.25, 0.3) is 0 Å². The highest BCUT2D eigenvalue weighted by Crippen LogP contribution is 2.22. The van der Waals surface area contributed by atoms with Gasteiger partial charge in [-0.05, 0) is 50.5 Å². The monoisotopic (exact) mass is 429 g/mol. The van der Waals surface area contributed by atoms with Crippen molar-refractivity contribution in [2.75, 3.05) is 10.0 Å². The number of carbonyl (C=O) groups excluding carboxylic acids is 1. The van der Waals surface area contributed by atoms with Crippen LogP contribution in [0.4, 0.5) is 10.8 Å². The molecule has 3 rings (SSSR count). The third-order valence-electron chi connectivity index (χ3n) is 4.46. The Hall–Kier alpha value is -2.71. The second-order valence-corrected chi connectivity index (χ2v) is 9.42. The third-order valence-corrected chi connectivity index (χ3v) is 6.75. The molecule has 0 aliphatic heterocycles. The zero-order valence-electron chi connectivity index (χ0n) is 16.5. The number of aromatic nitrogens is 1. The summed E-state index contributed by atoms with van der Waals surface area (Å²) < 4.78 is 27.4. The Morgan fingerprint density at radius 2 is 1.69 bits per heavy atom. The van der Waals surface area contributed by atoms with E-state index in [4.69, 9.17) is 0 Å². The van der Waals surface area contributed by atoms with Gasteiger partial charge in [-0.3, -0.25) is 9.52 Å². The summed E-state index contributed by atoms with van der Waals surface area (Å²) in [6.45, 7) is 5.80. The maximum absolute atomic E-state index is 12.4. The lowest BCUT2D eigenvalue weighted by Crippen LogP contribution is -2.14. The lowest BCUT2D eigenvalue weighted by atomic mass is 10.1. The second-order valence-electron chi connectivity index (χ2n) is 6.88. The maximum atomic E-state index is 12.4. The number of rotatable bonds is 7. The zero-order valence-corrected chi connectivity index (χ0v) is 18.2. The minimum Gasteiger partial charge on any atom is -0.326 e. The average Bonchev–Trinajstić information content (AvgIpc) is 3.10. The van der Waals surface area contributed by atoms with Gasteiger partial charge in [-0.2, -0.15) is 0 Å². The summed E-state index contributed by atoms with van der Waals surface area (Å²) in [4.78, 5) is 16.8. The van der Waals surface area contributed by atoms with Crippen LogP contribution in [-0.2, 0) is 21.2 Å². The molecule has 0 fully saturated rings. The summed E-state index contributed by atoms with van der Waals surface area (Å²) in [6.07, 6.45) is 0.696. The third kappa shape index (κ3) is 5.42. The standard InChI is InChI=1S/C21H23N3O3S2/c1-14-7-10-18(11-8-14)29(26,27)24-21-22-17(13-28-21)9-12-19(25)23-20-15(2)5-4-6-16(20)3/h4-8,10-11,13H,9,12H2,1-3H3,(H,22,24)(H,23,25). The van der Waals surface area contributed by atoms with E-state index < -0.39 is 10.0 Å². The molecule has 0 unspecified atom stereocenters. The fourth-order valence-corrected chi connectivity index (χ4v) is 4.81. The molecule has 1 aromatic heterocycles. The smallest absolute Gasteiger partial charge is 0.263 e. The van der Waals surface area contributed by atoms with Crippen LogP contribution in [0.15, 0.2) is 52.7 Å². The molecule has 8 heteroatoms. The fourth-order valence-electron chi connectivity index (χ4n) is 2.82. The summed E-state index contributed by atoms with van der Waals surface area (Å²) in [6, 6.07) is 12.5. The SMILES string of the molecule is Cc1ccc(S(=O)(=O)Nc2nc(CCC(=O)Nc3c(C)cccc3C)cs2)cc1. The summed E-state index contributed by atoms with van der Waals surface area (Å²) in [5.74, 6) is -0.0998. The van der Waals surface area contributed by atoms with Crippen LogP contribution < -0.4 is 10.0 Å². The van der Waals surface area contributed by atoms with E-state index in [9.17, 15) is 13.2 Å². The number of amides is 1. The number of thiazole rings is 1. The number of sulfonamides is 1. The van der Waals surface area contributed by atoms with Gasteiger partial charge in [0.25, 0.3) is 10.0 Å². The molecule has 29 heavy (non-hydrogen) atoms. The molecule has 0 aliphatic carbocycles. The lowest BCUT2D eigenvalue weighted by molar-refractivity contribution is -0.116. The summed E-state index contributed by atoms with van der Waals surface area (Å²) in [5.41, 5.74) is 4.52. The quantitative estimate of drug-likeness (QED) is 0.581. The molecule has 6 nitrogen and oxygen atoms in total. The summed E-state index contributed by atoms with van der Waals surface area (Å²) >= 11 is 1.20. The van der Waals surface area contributed by atoms with Crippen LogP contribution in [-0.4, -0.2) is 19.3 Å². The first kappa shape index (κ1) is 21.0. The van der Waals surface area contributed by atoms with E-state index in [1.807, 2.05) is 39.0 Å². The Bertz CT molecular complexity index is 1100. The van der Waals surface area contributed by atoms with Gasteiger partial charge in [0.1, 0.15) is 0 Å². The van der Waals surface area contributed by atoms with Gasteiger partial charge in [0.15, 0.2) is 5.13 Å². The molecule has 152 valence electrons. The number of aryl methyl sites for hydroxylation is 4. The molecule has 0 saturated carbocycles. The molecule has 1 amide bonds. The van der Waals surface area contributed by atoms with Crippen LogP contribution in [0.1, 0.15) is 28.8 Å². The molecule has 2 N–H and O–H groups in total. The fraction of sp³-hybridized carbons (Fsp3) is 0.238. The van der Waals surface area contributed by atoms with Crippen molar-refractivity contribution in [2.45, 2.75) is 38.5 Å². The molecule has 0 aliphatic rings. The molecule has 0 saturated heterocycles. The maximum Gasteiger partial charge on any atom is 0.263 e. The number of benzene rings is 2. The molecule has 2 aromatic carbocycles. The molecule has 1 heterocycles. The summed E-state index contributed by atoms with van der Waals surface area (Å²) in [5, 5.41) is 5.00. The van der Waals surface area contributed by atoms with Gasteiger partial charge in [0.05, 0.1) is 10.6 Å².